The van der Waals surface area contributed by atoms with E-state index < -0.39 is 6.10 Å². The number of nitrogens with zero attached hydrogens (tertiary/aromatic N) is 4. The highest BCUT2D eigenvalue weighted by molar-refractivity contribution is 5.94. The van der Waals surface area contributed by atoms with Crippen LogP contribution in [-0.4, -0.2) is 38.4 Å². The van der Waals surface area contributed by atoms with Crippen LogP contribution in [0.25, 0.3) is 5.95 Å². The second-order valence-electron chi connectivity index (χ2n) is 5.08. The number of rotatable bonds is 3. The molecule has 1 aromatic carbocycles. The summed E-state index contributed by atoms with van der Waals surface area (Å²) in [4.78, 5) is 20.6. The van der Waals surface area contributed by atoms with E-state index in [2.05, 4.69) is 20.4 Å². The van der Waals surface area contributed by atoms with Crippen LogP contribution in [0.1, 0.15) is 0 Å². The summed E-state index contributed by atoms with van der Waals surface area (Å²) in [5.74, 6) is 1.28. The molecule has 0 spiro atoms. The summed E-state index contributed by atoms with van der Waals surface area (Å²) in [5.41, 5.74) is 0.471. The molecule has 120 valence electrons. The van der Waals surface area contributed by atoms with E-state index in [9.17, 15) is 4.79 Å². The van der Waals surface area contributed by atoms with Crippen molar-refractivity contribution >= 4 is 11.6 Å². The molecule has 24 heavy (non-hydrogen) atoms. The molecule has 0 radical (unpaired) electrons. The quantitative estimate of drug-likeness (QED) is 0.784. The van der Waals surface area contributed by atoms with Crippen molar-refractivity contribution in [2.45, 2.75) is 6.10 Å². The molecule has 0 bridgehead atoms. The number of carbonyl (C=O) groups is 1. The Bertz CT molecular complexity index is 848. The molecule has 8 heteroatoms. The Morgan fingerprint density at radius 3 is 2.71 bits per heavy atom. The lowest BCUT2D eigenvalue weighted by molar-refractivity contribution is -0.125. The lowest BCUT2D eigenvalue weighted by Gasteiger charge is -2.25. The molecule has 0 saturated heterocycles. The van der Waals surface area contributed by atoms with Crippen molar-refractivity contribution < 1.29 is 14.3 Å². The van der Waals surface area contributed by atoms with Crippen molar-refractivity contribution in [3.63, 3.8) is 0 Å². The number of carbonyl (C=O) groups excluding carboxylic acids is 1. The predicted molar refractivity (Wildman–Crippen MR) is 84.1 cm³/mol. The van der Waals surface area contributed by atoms with E-state index in [1.54, 1.807) is 30.6 Å². The summed E-state index contributed by atoms with van der Waals surface area (Å²) in [6.07, 6.45) is 5.67. The molecule has 1 aliphatic rings. The Morgan fingerprint density at radius 2 is 1.96 bits per heavy atom. The van der Waals surface area contributed by atoms with Gasteiger partial charge in [-0.2, -0.15) is 5.10 Å². The number of para-hydroxylation sites is 2. The van der Waals surface area contributed by atoms with Gasteiger partial charge in [-0.05, 0) is 18.2 Å². The third-order valence-electron chi connectivity index (χ3n) is 3.42. The van der Waals surface area contributed by atoms with Crippen molar-refractivity contribution in [2.24, 2.45) is 0 Å². The Labute approximate surface area is 137 Å². The van der Waals surface area contributed by atoms with Gasteiger partial charge in [0.15, 0.2) is 11.5 Å². The smallest absolute Gasteiger partial charge is 0.269 e. The van der Waals surface area contributed by atoms with Gasteiger partial charge in [0.2, 0.25) is 6.10 Å². The number of aromatic nitrogens is 4. The van der Waals surface area contributed by atoms with E-state index in [-0.39, 0.29) is 12.5 Å². The molecule has 0 aliphatic carbocycles. The van der Waals surface area contributed by atoms with E-state index in [1.807, 2.05) is 12.1 Å². The third kappa shape index (κ3) is 2.76. The lowest BCUT2D eigenvalue weighted by atomic mass is 10.2. The maximum absolute atomic E-state index is 12.3. The second kappa shape index (κ2) is 5.99. The van der Waals surface area contributed by atoms with Gasteiger partial charge < -0.3 is 14.8 Å². The van der Waals surface area contributed by atoms with E-state index in [4.69, 9.17) is 9.47 Å². The van der Waals surface area contributed by atoms with Crippen LogP contribution >= 0.6 is 0 Å². The van der Waals surface area contributed by atoms with Crippen LogP contribution < -0.4 is 14.8 Å². The minimum absolute atomic E-state index is 0.148. The van der Waals surface area contributed by atoms with Gasteiger partial charge in [0.05, 0.1) is 18.1 Å². The van der Waals surface area contributed by atoms with Crippen molar-refractivity contribution in [3.05, 3.63) is 55.1 Å². The zero-order valence-corrected chi connectivity index (χ0v) is 12.5. The first-order valence-corrected chi connectivity index (χ1v) is 7.31. The van der Waals surface area contributed by atoms with Crippen molar-refractivity contribution in [1.29, 1.82) is 0 Å². The fraction of sp³-hybridized carbons (Fsp3) is 0.125. The van der Waals surface area contributed by atoms with Crippen LogP contribution in [0, 0.1) is 0 Å². The molecular formula is C16H13N5O3. The zero-order chi connectivity index (χ0) is 16.4. The van der Waals surface area contributed by atoms with Gasteiger partial charge in [-0.25, -0.2) is 14.6 Å². The predicted octanol–water partition coefficient (Wildman–Crippen LogP) is 1.44. The molecule has 3 aromatic rings. The van der Waals surface area contributed by atoms with Crippen molar-refractivity contribution in [1.82, 2.24) is 19.7 Å². The first kappa shape index (κ1) is 14.2. The van der Waals surface area contributed by atoms with Gasteiger partial charge in [-0.3, -0.25) is 4.79 Å². The molecule has 1 atom stereocenters. The third-order valence-corrected chi connectivity index (χ3v) is 3.42. The normalized spacial score (nSPS) is 15.8. The Morgan fingerprint density at radius 1 is 1.17 bits per heavy atom. The van der Waals surface area contributed by atoms with Crippen molar-refractivity contribution in [3.8, 4) is 17.4 Å². The highest BCUT2D eigenvalue weighted by Gasteiger charge is 2.27. The van der Waals surface area contributed by atoms with Crippen molar-refractivity contribution in [2.75, 3.05) is 11.9 Å². The van der Waals surface area contributed by atoms with Crippen LogP contribution in [-0.2, 0) is 4.79 Å². The van der Waals surface area contributed by atoms with E-state index in [0.29, 0.717) is 23.1 Å². The zero-order valence-electron chi connectivity index (χ0n) is 12.5. The van der Waals surface area contributed by atoms with Gasteiger partial charge in [-0.1, -0.05) is 12.1 Å². The van der Waals surface area contributed by atoms with Crippen LogP contribution in [0.3, 0.4) is 0 Å². The van der Waals surface area contributed by atoms with Crippen LogP contribution in [0.5, 0.6) is 11.5 Å². The minimum Gasteiger partial charge on any atom is -0.485 e. The fourth-order valence-electron chi connectivity index (χ4n) is 2.26. The number of hydrogen-bond donors (Lipinski definition) is 1. The average molecular weight is 323 g/mol. The van der Waals surface area contributed by atoms with Crippen LogP contribution in [0.4, 0.5) is 5.69 Å². The summed E-state index contributed by atoms with van der Waals surface area (Å²) < 4.78 is 12.7. The Hall–Kier alpha value is -3.42. The first-order valence-electron chi connectivity index (χ1n) is 7.31. The highest BCUT2D eigenvalue weighted by Crippen LogP contribution is 2.31. The molecule has 3 heterocycles. The molecule has 1 unspecified atom stereocenters. The molecule has 8 nitrogen and oxygen atoms in total. The second-order valence-corrected chi connectivity index (χ2v) is 5.08. The summed E-state index contributed by atoms with van der Waals surface area (Å²) in [6, 6.07) is 9.00. The van der Waals surface area contributed by atoms with Crippen LogP contribution in [0.2, 0.25) is 0 Å². The SMILES string of the molecule is O=C(Nc1cnc(-n2cccn2)nc1)C1COc2ccccc2O1. The lowest BCUT2D eigenvalue weighted by Crippen LogP contribution is -2.40. The highest BCUT2D eigenvalue weighted by atomic mass is 16.6. The maximum atomic E-state index is 12.3. The molecule has 0 fully saturated rings. The Kier molecular flexibility index (Phi) is 3.54. The van der Waals surface area contributed by atoms with Gasteiger partial charge in [0.1, 0.15) is 6.61 Å². The van der Waals surface area contributed by atoms with Gasteiger partial charge in [0, 0.05) is 12.4 Å². The standard InChI is InChI=1S/C16H13N5O3/c22-15(14-10-23-12-4-1-2-5-13(12)24-14)20-11-8-17-16(18-9-11)21-7-3-6-19-21/h1-9,14H,10H2,(H,20,22). The maximum Gasteiger partial charge on any atom is 0.269 e. The number of hydrogen-bond acceptors (Lipinski definition) is 6. The van der Waals surface area contributed by atoms with E-state index >= 15 is 0 Å². The molecule has 1 amide bonds. The van der Waals surface area contributed by atoms with Gasteiger partial charge >= 0.3 is 0 Å². The fourth-order valence-corrected chi connectivity index (χ4v) is 2.26. The first-order chi connectivity index (χ1) is 11.8. The van der Waals surface area contributed by atoms with E-state index in [1.165, 1.54) is 17.1 Å². The topological polar surface area (TPSA) is 91.2 Å². The minimum atomic E-state index is -0.731. The number of amides is 1. The summed E-state index contributed by atoms with van der Waals surface area (Å²) in [5, 5.41) is 6.76. The monoisotopic (exact) mass is 323 g/mol. The number of anilines is 1. The largest absolute Gasteiger partial charge is 0.485 e. The van der Waals surface area contributed by atoms with Crippen LogP contribution in [0.15, 0.2) is 55.1 Å². The van der Waals surface area contributed by atoms with E-state index in [0.717, 1.165) is 0 Å². The number of ether oxygens (including phenoxy) is 2. The molecule has 1 aliphatic heterocycles. The van der Waals surface area contributed by atoms with Gasteiger partial charge in [0.25, 0.3) is 11.9 Å². The number of benzene rings is 1. The number of nitrogens with one attached hydrogen (secondary N) is 1. The number of fused-ring (bicyclic) bond motifs is 1. The summed E-state index contributed by atoms with van der Waals surface area (Å²) in [7, 11) is 0. The molecule has 0 saturated carbocycles. The Balaban J connectivity index is 1.43. The molecule has 1 N–H and O–H groups in total. The molecular weight excluding hydrogens is 310 g/mol. The average Bonchev–Trinajstić information content (AvgIpc) is 3.16. The summed E-state index contributed by atoms with van der Waals surface area (Å²) >= 11 is 0. The molecule has 4 rings (SSSR count). The molecule has 2 aromatic heterocycles. The summed E-state index contributed by atoms with van der Waals surface area (Å²) in [6.45, 7) is 0.148. The van der Waals surface area contributed by atoms with Gasteiger partial charge in [-0.15, -0.1) is 0 Å².